The number of benzene rings is 1. The number of amides is 1. The second-order valence-corrected chi connectivity index (χ2v) is 7.13. The first-order valence-corrected chi connectivity index (χ1v) is 9.59. The van der Waals surface area contributed by atoms with Crippen molar-refractivity contribution in [3.05, 3.63) is 51.8 Å². The van der Waals surface area contributed by atoms with Gasteiger partial charge in [0.2, 0.25) is 0 Å². The Morgan fingerprint density at radius 1 is 1.48 bits per heavy atom. The lowest BCUT2D eigenvalue weighted by atomic mass is 10.1. The number of nitrogens with zero attached hydrogens (tertiary/aromatic N) is 2. The molecule has 0 bridgehead atoms. The van der Waals surface area contributed by atoms with Crippen molar-refractivity contribution in [3.8, 4) is 17.0 Å². The van der Waals surface area contributed by atoms with Gasteiger partial charge in [-0.2, -0.15) is 0 Å². The maximum atomic E-state index is 13.0. The number of methoxy groups -OCH3 is 1. The number of carbonyl (C=O) groups excluding carboxylic acids is 1. The Kier molecular flexibility index (Phi) is 4.91. The van der Waals surface area contributed by atoms with Gasteiger partial charge < -0.3 is 14.8 Å². The molecule has 3 aromatic rings. The number of hydrogen-bond acceptors (Lipinski definition) is 6. The zero-order chi connectivity index (χ0) is 18.8. The van der Waals surface area contributed by atoms with Crippen molar-refractivity contribution in [2.75, 3.05) is 20.3 Å². The number of rotatable bonds is 5. The molecule has 1 N–H and O–H groups in total. The Morgan fingerprint density at radius 3 is 3.15 bits per heavy atom. The van der Waals surface area contributed by atoms with Crippen molar-refractivity contribution in [3.63, 3.8) is 0 Å². The molecule has 4 rings (SSSR count). The standard InChI is InChI=1S/C19H19N3O4S/c1-25-13-5-2-4-12(8-13)16-11-27-19-21-10-15(18(24)22(16)19)17(23)20-9-14-6-3-7-26-14/h2,4-5,8,10-11,14H,3,6-7,9H2,1H3,(H,20,23)/t14-/m1/s1. The molecular weight excluding hydrogens is 366 g/mol. The quantitative estimate of drug-likeness (QED) is 0.729. The second kappa shape index (κ2) is 7.50. The van der Waals surface area contributed by atoms with E-state index in [4.69, 9.17) is 9.47 Å². The van der Waals surface area contributed by atoms with Gasteiger partial charge in [-0.3, -0.25) is 14.0 Å². The number of thiazole rings is 1. The molecule has 1 fully saturated rings. The molecule has 27 heavy (non-hydrogen) atoms. The van der Waals surface area contributed by atoms with E-state index in [1.807, 2.05) is 29.6 Å². The van der Waals surface area contributed by atoms with Crippen LogP contribution in [0.5, 0.6) is 5.75 Å². The van der Waals surface area contributed by atoms with E-state index in [0.29, 0.717) is 22.9 Å². The molecule has 0 unspecified atom stereocenters. The Morgan fingerprint density at radius 2 is 2.37 bits per heavy atom. The van der Waals surface area contributed by atoms with Crippen LogP contribution in [-0.2, 0) is 4.74 Å². The summed E-state index contributed by atoms with van der Waals surface area (Å²) in [7, 11) is 1.59. The van der Waals surface area contributed by atoms with Gasteiger partial charge in [-0.05, 0) is 25.0 Å². The summed E-state index contributed by atoms with van der Waals surface area (Å²) in [5.74, 6) is 0.263. The van der Waals surface area contributed by atoms with Crippen LogP contribution in [0.3, 0.4) is 0 Å². The molecule has 1 aromatic carbocycles. The maximum Gasteiger partial charge on any atom is 0.271 e. The fourth-order valence-electron chi connectivity index (χ4n) is 3.14. The highest BCUT2D eigenvalue weighted by atomic mass is 32.1. The number of nitrogens with one attached hydrogen (secondary N) is 1. The number of aromatic nitrogens is 2. The molecule has 0 aliphatic carbocycles. The van der Waals surface area contributed by atoms with Crippen molar-refractivity contribution in [2.45, 2.75) is 18.9 Å². The molecule has 0 radical (unpaired) electrons. The monoisotopic (exact) mass is 385 g/mol. The zero-order valence-corrected chi connectivity index (χ0v) is 15.6. The maximum absolute atomic E-state index is 13.0. The zero-order valence-electron chi connectivity index (χ0n) is 14.8. The SMILES string of the molecule is COc1cccc(-c2csc3ncc(C(=O)NC[C@H]4CCCO4)c(=O)n23)c1. The van der Waals surface area contributed by atoms with Gasteiger partial charge in [-0.25, -0.2) is 4.98 Å². The van der Waals surface area contributed by atoms with Gasteiger partial charge in [0.1, 0.15) is 11.3 Å². The van der Waals surface area contributed by atoms with Crippen molar-refractivity contribution in [1.82, 2.24) is 14.7 Å². The van der Waals surface area contributed by atoms with Crippen molar-refractivity contribution in [2.24, 2.45) is 0 Å². The molecule has 0 spiro atoms. The summed E-state index contributed by atoms with van der Waals surface area (Å²) >= 11 is 1.35. The number of ether oxygens (including phenoxy) is 2. The van der Waals surface area contributed by atoms with E-state index < -0.39 is 5.91 Å². The van der Waals surface area contributed by atoms with Crippen molar-refractivity contribution in [1.29, 1.82) is 0 Å². The van der Waals surface area contributed by atoms with Crippen LogP contribution in [0.15, 0.2) is 40.6 Å². The normalized spacial score (nSPS) is 16.6. The molecule has 140 valence electrons. The second-order valence-electron chi connectivity index (χ2n) is 6.29. The average Bonchev–Trinajstić information content (AvgIpc) is 3.36. The Bertz CT molecular complexity index is 1040. The van der Waals surface area contributed by atoms with Crippen LogP contribution < -0.4 is 15.6 Å². The largest absolute Gasteiger partial charge is 0.497 e. The topological polar surface area (TPSA) is 81.9 Å². The third-order valence-electron chi connectivity index (χ3n) is 4.57. The molecule has 1 amide bonds. The molecule has 8 heteroatoms. The fourth-order valence-corrected chi connectivity index (χ4v) is 4.00. The van der Waals surface area contributed by atoms with Crippen LogP contribution >= 0.6 is 11.3 Å². The van der Waals surface area contributed by atoms with Gasteiger partial charge in [-0.1, -0.05) is 12.1 Å². The number of fused-ring (bicyclic) bond motifs is 1. The fraction of sp³-hybridized carbons (Fsp3) is 0.316. The van der Waals surface area contributed by atoms with Crippen LogP contribution in [-0.4, -0.2) is 41.7 Å². The van der Waals surface area contributed by atoms with E-state index in [0.717, 1.165) is 25.0 Å². The molecule has 3 heterocycles. The van der Waals surface area contributed by atoms with Crippen molar-refractivity contribution < 1.29 is 14.3 Å². The summed E-state index contributed by atoms with van der Waals surface area (Å²) in [4.78, 5) is 30.3. The summed E-state index contributed by atoms with van der Waals surface area (Å²) in [6, 6.07) is 7.43. The molecule has 1 saturated heterocycles. The van der Waals surface area contributed by atoms with Crippen LogP contribution in [0.2, 0.25) is 0 Å². The van der Waals surface area contributed by atoms with E-state index in [9.17, 15) is 9.59 Å². The van der Waals surface area contributed by atoms with Gasteiger partial charge in [-0.15, -0.1) is 11.3 Å². The first-order chi connectivity index (χ1) is 13.2. The third-order valence-corrected chi connectivity index (χ3v) is 5.41. The number of carbonyl (C=O) groups is 1. The van der Waals surface area contributed by atoms with Crippen LogP contribution in [0.4, 0.5) is 0 Å². The highest BCUT2D eigenvalue weighted by Crippen LogP contribution is 2.26. The minimum absolute atomic E-state index is 0.0156. The van der Waals surface area contributed by atoms with E-state index in [2.05, 4.69) is 10.3 Å². The number of hydrogen-bond donors (Lipinski definition) is 1. The molecule has 1 aliphatic heterocycles. The molecule has 7 nitrogen and oxygen atoms in total. The van der Waals surface area contributed by atoms with Crippen LogP contribution in [0.25, 0.3) is 16.2 Å². The lowest BCUT2D eigenvalue weighted by Gasteiger charge is -2.10. The first-order valence-electron chi connectivity index (χ1n) is 8.71. The van der Waals surface area contributed by atoms with Gasteiger partial charge in [0.05, 0.1) is 18.9 Å². The minimum atomic E-state index is -0.430. The van der Waals surface area contributed by atoms with Crippen LogP contribution in [0.1, 0.15) is 23.2 Å². The summed E-state index contributed by atoms with van der Waals surface area (Å²) in [5.41, 5.74) is 1.14. The van der Waals surface area contributed by atoms with E-state index in [-0.39, 0.29) is 17.2 Å². The van der Waals surface area contributed by atoms with E-state index in [1.165, 1.54) is 21.9 Å². The van der Waals surface area contributed by atoms with Gasteiger partial charge in [0, 0.05) is 30.3 Å². The summed E-state index contributed by atoms with van der Waals surface area (Å²) in [6.45, 7) is 1.11. The summed E-state index contributed by atoms with van der Waals surface area (Å²) in [5, 5.41) is 4.64. The smallest absolute Gasteiger partial charge is 0.271 e. The Labute approximate surface area is 159 Å². The minimum Gasteiger partial charge on any atom is -0.497 e. The average molecular weight is 385 g/mol. The Hall–Kier alpha value is -2.71. The summed E-state index contributed by atoms with van der Waals surface area (Å²) in [6.07, 6.45) is 3.27. The van der Waals surface area contributed by atoms with Gasteiger partial charge in [0.15, 0.2) is 4.96 Å². The Balaban J connectivity index is 1.68. The molecule has 0 saturated carbocycles. The van der Waals surface area contributed by atoms with Gasteiger partial charge in [0.25, 0.3) is 11.5 Å². The molecular formula is C19H19N3O4S. The van der Waals surface area contributed by atoms with Crippen LogP contribution in [0, 0.1) is 0 Å². The molecule has 1 aliphatic rings. The lowest BCUT2D eigenvalue weighted by molar-refractivity contribution is 0.0856. The third kappa shape index (κ3) is 3.45. The first kappa shape index (κ1) is 17.7. The van der Waals surface area contributed by atoms with E-state index in [1.54, 1.807) is 7.11 Å². The van der Waals surface area contributed by atoms with Crippen molar-refractivity contribution >= 4 is 22.2 Å². The molecule has 2 aromatic heterocycles. The van der Waals surface area contributed by atoms with Gasteiger partial charge >= 0.3 is 0 Å². The van der Waals surface area contributed by atoms with E-state index >= 15 is 0 Å². The molecule has 1 atom stereocenters. The highest BCUT2D eigenvalue weighted by molar-refractivity contribution is 7.15. The predicted molar refractivity (Wildman–Crippen MR) is 103 cm³/mol. The summed E-state index contributed by atoms with van der Waals surface area (Å²) < 4.78 is 12.2. The highest BCUT2D eigenvalue weighted by Gasteiger charge is 2.20. The lowest BCUT2D eigenvalue weighted by Crippen LogP contribution is -2.36. The predicted octanol–water partition coefficient (Wildman–Crippen LogP) is 2.34.